The predicted octanol–water partition coefficient (Wildman–Crippen LogP) is 4.19. The molecule has 0 aromatic heterocycles. The number of carbonyl (C=O) groups is 2. The monoisotopic (exact) mass is 396 g/mol. The maximum absolute atomic E-state index is 12.9. The van der Waals surface area contributed by atoms with Gasteiger partial charge < -0.3 is 10.6 Å². The molecule has 0 aliphatic rings. The summed E-state index contributed by atoms with van der Waals surface area (Å²) in [4.78, 5) is 25.6. The summed E-state index contributed by atoms with van der Waals surface area (Å²) in [5.74, 6) is -0.205. The van der Waals surface area contributed by atoms with Gasteiger partial charge in [-0.25, -0.2) is 0 Å². The second-order valence-corrected chi connectivity index (χ2v) is 7.11. The molecule has 0 aliphatic heterocycles. The van der Waals surface area contributed by atoms with Crippen molar-refractivity contribution in [2.24, 2.45) is 5.92 Å². The average Bonchev–Trinajstić information content (AvgIpc) is 2.75. The third-order valence-corrected chi connectivity index (χ3v) is 4.56. The number of nitrogens with one attached hydrogen (secondary N) is 2. The lowest BCUT2D eigenvalue weighted by Gasteiger charge is -2.24. The molecule has 0 saturated carbocycles. The molecular formula is C25H36N2O2. The standard InChI is InChI=1S/C23H30N2O2.C2H6/c1-4-24-21(16-19-13-9-6-10-14-19)23(27)25-20(22(26)17(2)3)15-18-11-7-5-8-12-18;1-2/h5-14,17,20-21,24H,4,15-16H2,1-3H3,(H,25,27);1-2H3. The molecule has 4 heteroatoms. The molecule has 4 nitrogen and oxygen atoms in total. The Kier molecular flexibility index (Phi) is 11.6. The van der Waals surface area contributed by atoms with Gasteiger partial charge in [-0.2, -0.15) is 0 Å². The molecule has 158 valence electrons. The van der Waals surface area contributed by atoms with Crippen LogP contribution in [-0.2, 0) is 22.4 Å². The van der Waals surface area contributed by atoms with E-state index in [0.717, 1.165) is 11.1 Å². The summed E-state index contributed by atoms with van der Waals surface area (Å²) in [6.07, 6.45) is 1.10. The second kappa shape index (κ2) is 13.7. The summed E-state index contributed by atoms with van der Waals surface area (Å²) >= 11 is 0. The number of hydrogen-bond donors (Lipinski definition) is 2. The smallest absolute Gasteiger partial charge is 0.238 e. The zero-order valence-corrected chi connectivity index (χ0v) is 18.4. The van der Waals surface area contributed by atoms with Crippen molar-refractivity contribution >= 4 is 11.7 Å². The Morgan fingerprint density at radius 1 is 0.793 bits per heavy atom. The van der Waals surface area contributed by atoms with Crippen LogP contribution in [0, 0.1) is 5.92 Å². The van der Waals surface area contributed by atoms with Gasteiger partial charge in [-0.05, 0) is 30.5 Å². The molecule has 2 N–H and O–H groups in total. The molecule has 2 aromatic carbocycles. The molecule has 2 rings (SSSR count). The van der Waals surface area contributed by atoms with Crippen molar-refractivity contribution in [3.05, 3.63) is 71.8 Å². The molecule has 29 heavy (non-hydrogen) atoms. The van der Waals surface area contributed by atoms with Crippen molar-refractivity contribution in [2.45, 2.75) is 59.5 Å². The molecular weight excluding hydrogens is 360 g/mol. The number of rotatable bonds is 10. The number of amides is 1. The molecule has 0 spiro atoms. The summed E-state index contributed by atoms with van der Waals surface area (Å²) in [7, 11) is 0. The van der Waals surface area contributed by atoms with E-state index in [-0.39, 0.29) is 23.7 Å². The quantitative estimate of drug-likeness (QED) is 0.633. The Hall–Kier alpha value is -2.46. The number of hydrogen-bond acceptors (Lipinski definition) is 3. The fourth-order valence-electron chi connectivity index (χ4n) is 3.10. The van der Waals surface area contributed by atoms with Crippen LogP contribution in [0.1, 0.15) is 45.7 Å². The van der Waals surface area contributed by atoms with E-state index in [1.807, 2.05) is 95.3 Å². The first-order valence-electron chi connectivity index (χ1n) is 10.7. The van der Waals surface area contributed by atoms with Crippen LogP contribution in [0.3, 0.4) is 0 Å². The van der Waals surface area contributed by atoms with Gasteiger partial charge in [0.15, 0.2) is 5.78 Å². The highest BCUT2D eigenvalue weighted by molar-refractivity contribution is 5.92. The van der Waals surface area contributed by atoms with Gasteiger partial charge in [0.05, 0.1) is 12.1 Å². The van der Waals surface area contributed by atoms with E-state index in [1.54, 1.807) is 0 Å². The zero-order chi connectivity index (χ0) is 21.6. The van der Waals surface area contributed by atoms with Crippen LogP contribution in [0.25, 0.3) is 0 Å². The highest BCUT2D eigenvalue weighted by Gasteiger charge is 2.27. The normalized spacial score (nSPS) is 12.5. The van der Waals surface area contributed by atoms with Crippen LogP contribution in [-0.4, -0.2) is 30.3 Å². The highest BCUT2D eigenvalue weighted by atomic mass is 16.2. The molecule has 0 saturated heterocycles. The van der Waals surface area contributed by atoms with Gasteiger partial charge in [0.1, 0.15) is 0 Å². The largest absolute Gasteiger partial charge is 0.345 e. The molecule has 0 heterocycles. The average molecular weight is 397 g/mol. The van der Waals surface area contributed by atoms with Gasteiger partial charge in [0.2, 0.25) is 5.91 Å². The third kappa shape index (κ3) is 8.61. The number of benzene rings is 2. The summed E-state index contributed by atoms with van der Waals surface area (Å²) < 4.78 is 0. The molecule has 2 unspecified atom stereocenters. The molecule has 1 amide bonds. The van der Waals surface area contributed by atoms with E-state index in [9.17, 15) is 9.59 Å². The first kappa shape index (κ1) is 24.6. The van der Waals surface area contributed by atoms with E-state index >= 15 is 0 Å². The van der Waals surface area contributed by atoms with Crippen LogP contribution in [0.2, 0.25) is 0 Å². The maximum atomic E-state index is 12.9. The molecule has 0 fully saturated rings. The Morgan fingerprint density at radius 2 is 1.24 bits per heavy atom. The van der Waals surface area contributed by atoms with Gasteiger partial charge in [-0.3, -0.25) is 9.59 Å². The van der Waals surface area contributed by atoms with E-state index in [4.69, 9.17) is 0 Å². The van der Waals surface area contributed by atoms with Crippen LogP contribution in [0.5, 0.6) is 0 Å². The first-order chi connectivity index (χ1) is 14.0. The van der Waals surface area contributed by atoms with Crippen molar-refractivity contribution < 1.29 is 9.59 Å². The lowest BCUT2D eigenvalue weighted by Crippen LogP contribution is -2.52. The Morgan fingerprint density at radius 3 is 1.66 bits per heavy atom. The van der Waals surface area contributed by atoms with Crippen LogP contribution in [0.15, 0.2) is 60.7 Å². The second-order valence-electron chi connectivity index (χ2n) is 7.11. The lowest BCUT2D eigenvalue weighted by molar-refractivity contribution is -0.130. The predicted molar refractivity (Wildman–Crippen MR) is 121 cm³/mol. The molecule has 0 bridgehead atoms. The molecule has 0 aliphatic carbocycles. The minimum absolute atomic E-state index is 0.0576. The molecule has 2 atom stereocenters. The SMILES string of the molecule is CC.CCNC(Cc1ccccc1)C(=O)NC(Cc1ccccc1)C(=O)C(C)C. The van der Waals surface area contributed by atoms with E-state index in [0.29, 0.717) is 19.4 Å². The van der Waals surface area contributed by atoms with Gasteiger partial charge in [0.25, 0.3) is 0 Å². The van der Waals surface area contributed by atoms with Gasteiger partial charge in [-0.1, -0.05) is 95.3 Å². The van der Waals surface area contributed by atoms with E-state index in [1.165, 1.54) is 0 Å². The van der Waals surface area contributed by atoms with Crippen molar-refractivity contribution in [1.29, 1.82) is 0 Å². The minimum Gasteiger partial charge on any atom is -0.345 e. The van der Waals surface area contributed by atoms with Crippen LogP contribution < -0.4 is 10.6 Å². The third-order valence-electron chi connectivity index (χ3n) is 4.56. The number of Topliss-reactive ketones (excluding diaryl/α,β-unsaturated/α-hetero) is 1. The fraction of sp³-hybridized carbons (Fsp3) is 0.440. The molecule has 2 aromatic rings. The first-order valence-corrected chi connectivity index (χ1v) is 10.7. The van der Waals surface area contributed by atoms with Gasteiger partial charge >= 0.3 is 0 Å². The summed E-state index contributed by atoms with van der Waals surface area (Å²) in [5.41, 5.74) is 2.13. The van der Waals surface area contributed by atoms with Crippen molar-refractivity contribution in [2.75, 3.05) is 6.54 Å². The Balaban J connectivity index is 0.00000204. The summed E-state index contributed by atoms with van der Waals surface area (Å²) in [6.45, 7) is 10.4. The summed E-state index contributed by atoms with van der Waals surface area (Å²) in [5, 5.41) is 6.25. The highest BCUT2D eigenvalue weighted by Crippen LogP contribution is 2.10. The van der Waals surface area contributed by atoms with Crippen molar-refractivity contribution in [1.82, 2.24) is 10.6 Å². The van der Waals surface area contributed by atoms with E-state index < -0.39 is 6.04 Å². The van der Waals surface area contributed by atoms with Crippen molar-refractivity contribution in [3.8, 4) is 0 Å². The van der Waals surface area contributed by atoms with Crippen LogP contribution in [0.4, 0.5) is 0 Å². The van der Waals surface area contributed by atoms with Crippen molar-refractivity contribution in [3.63, 3.8) is 0 Å². The van der Waals surface area contributed by atoms with Gasteiger partial charge in [0, 0.05) is 5.92 Å². The minimum atomic E-state index is -0.517. The number of likely N-dealkylation sites (N-methyl/N-ethyl adjacent to an activating group) is 1. The lowest BCUT2D eigenvalue weighted by atomic mass is 9.95. The number of ketones is 1. The Labute approximate surface area is 176 Å². The maximum Gasteiger partial charge on any atom is 0.238 e. The number of carbonyl (C=O) groups excluding carboxylic acids is 2. The zero-order valence-electron chi connectivity index (χ0n) is 18.4. The topological polar surface area (TPSA) is 58.2 Å². The van der Waals surface area contributed by atoms with E-state index in [2.05, 4.69) is 10.6 Å². The van der Waals surface area contributed by atoms with Gasteiger partial charge in [-0.15, -0.1) is 0 Å². The summed E-state index contributed by atoms with van der Waals surface area (Å²) in [6, 6.07) is 18.9. The fourth-order valence-corrected chi connectivity index (χ4v) is 3.10. The Bertz CT molecular complexity index is 714. The van der Waals surface area contributed by atoms with Crippen LogP contribution >= 0.6 is 0 Å². The molecule has 0 radical (unpaired) electrons.